The number of piperidine rings is 1. The van der Waals surface area contributed by atoms with Crippen molar-refractivity contribution in [2.75, 3.05) is 13.1 Å². The van der Waals surface area contributed by atoms with Crippen molar-refractivity contribution in [2.45, 2.75) is 45.2 Å². The molecule has 2 aliphatic rings. The van der Waals surface area contributed by atoms with Crippen molar-refractivity contribution in [3.63, 3.8) is 0 Å². The minimum atomic E-state index is -0.922. The topological polar surface area (TPSA) is 86.8 Å². The Morgan fingerprint density at radius 1 is 1.14 bits per heavy atom. The molecule has 9 heteroatoms. The second-order valence-electron chi connectivity index (χ2n) is 7.65. The van der Waals surface area contributed by atoms with E-state index in [1.165, 1.54) is 4.90 Å². The van der Waals surface area contributed by atoms with Gasteiger partial charge in [0.05, 0.1) is 12.0 Å². The first-order valence-corrected chi connectivity index (χ1v) is 9.59. The summed E-state index contributed by atoms with van der Waals surface area (Å²) < 4.78 is 26.9. The lowest BCUT2D eigenvalue weighted by Crippen LogP contribution is -2.48. The van der Waals surface area contributed by atoms with Crippen LogP contribution in [0.2, 0.25) is 0 Å². The fraction of sp³-hybridized carbons (Fsp3) is 0.500. The van der Waals surface area contributed by atoms with E-state index < -0.39 is 35.4 Å². The number of likely N-dealkylation sites (tertiary alicyclic amines) is 2. The lowest BCUT2D eigenvalue weighted by atomic mass is 9.95. The van der Waals surface area contributed by atoms with Crippen LogP contribution in [-0.2, 0) is 14.4 Å². The van der Waals surface area contributed by atoms with Crippen LogP contribution in [0.25, 0.3) is 0 Å². The highest BCUT2D eigenvalue weighted by Crippen LogP contribution is 2.22. The quantitative estimate of drug-likeness (QED) is 0.766. The number of rotatable bonds is 4. The smallest absolute Gasteiger partial charge is 0.256 e. The number of halogens is 2. The van der Waals surface area contributed by atoms with Crippen LogP contribution < -0.4 is 5.32 Å². The maximum Gasteiger partial charge on any atom is 0.256 e. The van der Waals surface area contributed by atoms with E-state index >= 15 is 0 Å². The standard InChI is InChI=1S/C20H23F2N3O4/c1-11(2)25-17(26)10-16(20(25)29)23-18(27)12-5-7-24(8-6-12)19(28)14-4-3-13(21)9-15(14)22/h3-4,9,11-12,16H,5-8,10H2,1-2H3,(H,23,27)/t16-/m0/s1. The van der Waals surface area contributed by atoms with Gasteiger partial charge in [0.25, 0.3) is 11.8 Å². The zero-order chi connectivity index (χ0) is 21.3. The molecule has 1 aromatic carbocycles. The average Bonchev–Trinajstić information content (AvgIpc) is 2.94. The van der Waals surface area contributed by atoms with Crippen molar-refractivity contribution < 1.29 is 28.0 Å². The summed E-state index contributed by atoms with van der Waals surface area (Å²) in [5, 5.41) is 2.65. The van der Waals surface area contributed by atoms with Crippen LogP contribution in [0.4, 0.5) is 8.78 Å². The van der Waals surface area contributed by atoms with Gasteiger partial charge in [-0.1, -0.05) is 0 Å². The molecular formula is C20H23F2N3O4. The molecule has 0 unspecified atom stereocenters. The SMILES string of the molecule is CC(C)N1C(=O)C[C@H](NC(=O)C2CCN(C(=O)c3ccc(F)cc3F)CC2)C1=O. The third-order valence-electron chi connectivity index (χ3n) is 5.33. The Hall–Kier alpha value is -2.84. The molecule has 4 amide bonds. The van der Waals surface area contributed by atoms with Gasteiger partial charge in [0.1, 0.15) is 17.7 Å². The normalized spacial score (nSPS) is 20.5. The van der Waals surface area contributed by atoms with E-state index in [4.69, 9.17) is 0 Å². The van der Waals surface area contributed by atoms with Crippen molar-refractivity contribution in [1.29, 1.82) is 0 Å². The summed E-state index contributed by atoms with van der Waals surface area (Å²) in [5.41, 5.74) is -0.210. The van der Waals surface area contributed by atoms with E-state index in [0.29, 0.717) is 18.9 Å². The fourth-order valence-electron chi connectivity index (χ4n) is 3.77. The van der Waals surface area contributed by atoms with E-state index in [1.54, 1.807) is 13.8 Å². The van der Waals surface area contributed by atoms with Crippen molar-refractivity contribution in [1.82, 2.24) is 15.1 Å². The lowest BCUT2D eigenvalue weighted by molar-refractivity contribution is -0.141. The molecule has 1 N–H and O–H groups in total. The number of hydrogen-bond donors (Lipinski definition) is 1. The van der Waals surface area contributed by atoms with Crippen LogP contribution in [-0.4, -0.2) is 58.6 Å². The molecule has 0 spiro atoms. The van der Waals surface area contributed by atoms with E-state index in [0.717, 1.165) is 17.0 Å². The molecule has 156 valence electrons. The lowest BCUT2D eigenvalue weighted by Gasteiger charge is -2.32. The summed E-state index contributed by atoms with van der Waals surface area (Å²) in [4.78, 5) is 51.8. The van der Waals surface area contributed by atoms with Crippen LogP contribution in [0.5, 0.6) is 0 Å². The third kappa shape index (κ3) is 4.28. The third-order valence-corrected chi connectivity index (χ3v) is 5.33. The number of carbonyl (C=O) groups excluding carboxylic acids is 4. The molecule has 7 nitrogen and oxygen atoms in total. The molecule has 2 fully saturated rings. The molecule has 2 saturated heterocycles. The van der Waals surface area contributed by atoms with Gasteiger partial charge in [-0.2, -0.15) is 0 Å². The Morgan fingerprint density at radius 2 is 1.79 bits per heavy atom. The summed E-state index contributed by atoms with van der Waals surface area (Å²) in [6.45, 7) is 3.94. The molecule has 0 radical (unpaired) electrons. The van der Waals surface area contributed by atoms with E-state index in [-0.39, 0.29) is 42.9 Å². The molecule has 0 saturated carbocycles. The van der Waals surface area contributed by atoms with Crippen LogP contribution in [0.3, 0.4) is 0 Å². The second kappa shape index (κ2) is 8.26. The summed E-state index contributed by atoms with van der Waals surface area (Å²) >= 11 is 0. The average molecular weight is 407 g/mol. The van der Waals surface area contributed by atoms with Gasteiger partial charge in [-0.15, -0.1) is 0 Å². The predicted octanol–water partition coefficient (Wildman–Crippen LogP) is 1.47. The maximum absolute atomic E-state index is 13.8. The van der Waals surface area contributed by atoms with Crippen molar-refractivity contribution in [3.05, 3.63) is 35.4 Å². The number of hydrogen-bond acceptors (Lipinski definition) is 4. The Morgan fingerprint density at radius 3 is 2.34 bits per heavy atom. The highest BCUT2D eigenvalue weighted by Gasteiger charge is 2.41. The summed E-state index contributed by atoms with van der Waals surface area (Å²) in [6, 6.07) is 1.67. The van der Waals surface area contributed by atoms with Gasteiger partial charge in [0, 0.05) is 31.1 Å². The molecule has 0 aliphatic carbocycles. The largest absolute Gasteiger partial charge is 0.344 e. The number of nitrogens with one attached hydrogen (secondary N) is 1. The molecule has 3 rings (SSSR count). The fourth-order valence-corrected chi connectivity index (χ4v) is 3.77. The summed E-state index contributed by atoms with van der Waals surface area (Å²) in [7, 11) is 0. The molecule has 2 aliphatic heterocycles. The second-order valence-corrected chi connectivity index (χ2v) is 7.65. The number of nitrogens with zero attached hydrogens (tertiary/aromatic N) is 2. The number of carbonyl (C=O) groups is 4. The Labute approximate surface area is 167 Å². The van der Waals surface area contributed by atoms with Crippen molar-refractivity contribution in [3.8, 4) is 0 Å². The number of benzene rings is 1. The van der Waals surface area contributed by atoms with E-state index in [2.05, 4.69) is 5.32 Å². The Kier molecular flexibility index (Phi) is 5.95. The zero-order valence-electron chi connectivity index (χ0n) is 16.3. The molecule has 29 heavy (non-hydrogen) atoms. The first-order chi connectivity index (χ1) is 13.7. The van der Waals surface area contributed by atoms with Crippen LogP contribution >= 0.6 is 0 Å². The zero-order valence-corrected chi connectivity index (χ0v) is 16.3. The molecule has 0 aromatic heterocycles. The van der Waals surface area contributed by atoms with Gasteiger partial charge in [0.2, 0.25) is 11.8 Å². The van der Waals surface area contributed by atoms with Gasteiger partial charge in [-0.3, -0.25) is 24.1 Å². The minimum absolute atomic E-state index is 0.0517. The van der Waals surface area contributed by atoms with Crippen molar-refractivity contribution in [2.24, 2.45) is 5.92 Å². The maximum atomic E-state index is 13.8. The first-order valence-electron chi connectivity index (χ1n) is 9.59. The highest BCUT2D eigenvalue weighted by molar-refractivity contribution is 6.07. The number of imide groups is 1. The van der Waals surface area contributed by atoms with E-state index in [1.807, 2.05) is 0 Å². The molecule has 0 bridgehead atoms. The Bertz CT molecular complexity index is 850. The Balaban J connectivity index is 1.55. The molecule has 2 heterocycles. The number of amides is 4. The van der Waals surface area contributed by atoms with E-state index in [9.17, 15) is 28.0 Å². The van der Waals surface area contributed by atoms with Gasteiger partial charge >= 0.3 is 0 Å². The summed E-state index contributed by atoms with van der Waals surface area (Å²) in [5.74, 6) is -3.69. The van der Waals surface area contributed by atoms with Crippen LogP contribution in [0, 0.1) is 17.6 Å². The van der Waals surface area contributed by atoms with Gasteiger partial charge < -0.3 is 10.2 Å². The molecule has 1 aromatic rings. The minimum Gasteiger partial charge on any atom is -0.344 e. The monoisotopic (exact) mass is 407 g/mol. The van der Waals surface area contributed by atoms with Gasteiger partial charge in [-0.05, 0) is 38.8 Å². The molecular weight excluding hydrogens is 384 g/mol. The van der Waals surface area contributed by atoms with Gasteiger partial charge in [-0.25, -0.2) is 8.78 Å². The van der Waals surface area contributed by atoms with Crippen LogP contribution in [0.15, 0.2) is 18.2 Å². The van der Waals surface area contributed by atoms with Crippen molar-refractivity contribution >= 4 is 23.6 Å². The van der Waals surface area contributed by atoms with Gasteiger partial charge in [0.15, 0.2) is 0 Å². The highest BCUT2D eigenvalue weighted by atomic mass is 19.1. The molecule has 1 atom stereocenters. The van der Waals surface area contributed by atoms with Crippen LogP contribution in [0.1, 0.15) is 43.5 Å². The summed E-state index contributed by atoms with van der Waals surface area (Å²) in [6.07, 6.45) is 0.649. The predicted molar refractivity (Wildman–Crippen MR) is 98.5 cm³/mol. The first kappa shape index (κ1) is 20.9.